The molecule has 1 fully saturated rings. The molecule has 0 amide bonds. The molecular weight excluding hydrogens is 134 g/mol. The standard InChI is InChI=1S/C10H15N/c1-4-8(7-11)5-9-6-10(9,2)3/h5,9H,4,6H2,1-3H3/b8-5+. The van der Waals surface area contributed by atoms with E-state index >= 15 is 0 Å². The van der Waals surface area contributed by atoms with Crippen LogP contribution in [0.2, 0.25) is 0 Å². The first-order valence-corrected chi connectivity index (χ1v) is 4.21. The number of hydrogen-bond acceptors (Lipinski definition) is 1. The van der Waals surface area contributed by atoms with Crippen molar-refractivity contribution in [2.45, 2.75) is 33.6 Å². The van der Waals surface area contributed by atoms with Crippen LogP contribution in [0.5, 0.6) is 0 Å². The molecule has 0 bridgehead atoms. The molecule has 0 heterocycles. The summed E-state index contributed by atoms with van der Waals surface area (Å²) in [5, 5.41) is 8.65. The first-order valence-electron chi connectivity index (χ1n) is 4.21. The van der Waals surface area contributed by atoms with Gasteiger partial charge in [-0.2, -0.15) is 5.26 Å². The zero-order valence-electron chi connectivity index (χ0n) is 7.52. The Balaban J connectivity index is 2.55. The monoisotopic (exact) mass is 149 g/mol. The van der Waals surface area contributed by atoms with Crippen molar-refractivity contribution >= 4 is 0 Å². The lowest BCUT2D eigenvalue weighted by Gasteiger charge is -1.97. The summed E-state index contributed by atoms with van der Waals surface area (Å²) in [5.41, 5.74) is 1.41. The van der Waals surface area contributed by atoms with Gasteiger partial charge >= 0.3 is 0 Å². The van der Waals surface area contributed by atoms with Gasteiger partial charge in [0.15, 0.2) is 0 Å². The van der Waals surface area contributed by atoms with Crippen LogP contribution in [-0.2, 0) is 0 Å². The first-order chi connectivity index (χ1) is 5.10. The van der Waals surface area contributed by atoms with E-state index in [2.05, 4.69) is 26.0 Å². The van der Waals surface area contributed by atoms with Gasteiger partial charge in [-0.3, -0.25) is 0 Å². The molecule has 1 saturated carbocycles. The SMILES string of the molecule is CC/C(C#N)=C\C1CC1(C)C. The Morgan fingerprint density at radius 2 is 2.27 bits per heavy atom. The largest absolute Gasteiger partial charge is 0.193 e. The fraction of sp³-hybridized carbons (Fsp3) is 0.700. The summed E-state index contributed by atoms with van der Waals surface area (Å²) in [6.45, 7) is 6.53. The highest BCUT2D eigenvalue weighted by Crippen LogP contribution is 2.52. The van der Waals surface area contributed by atoms with Crippen LogP contribution in [0.3, 0.4) is 0 Å². The van der Waals surface area contributed by atoms with Gasteiger partial charge in [0.05, 0.1) is 6.07 Å². The summed E-state index contributed by atoms with van der Waals surface area (Å²) in [5.74, 6) is 0.664. The molecule has 0 N–H and O–H groups in total. The molecular formula is C10H15N. The van der Waals surface area contributed by atoms with Crippen LogP contribution in [0.25, 0.3) is 0 Å². The van der Waals surface area contributed by atoms with Gasteiger partial charge in [0.1, 0.15) is 0 Å². The highest BCUT2D eigenvalue weighted by Gasteiger charge is 2.43. The Morgan fingerprint density at radius 3 is 2.55 bits per heavy atom. The Morgan fingerprint density at radius 1 is 1.73 bits per heavy atom. The lowest BCUT2D eigenvalue weighted by molar-refractivity contribution is 0.608. The summed E-state index contributed by atoms with van der Waals surface area (Å²) >= 11 is 0. The number of allylic oxidation sites excluding steroid dienone is 2. The molecule has 1 nitrogen and oxygen atoms in total. The number of hydrogen-bond donors (Lipinski definition) is 0. The van der Waals surface area contributed by atoms with Crippen molar-refractivity contribution in [2.24, 2.45) is 11.3 Å². The van der Waals surface area contributed by atoms with Gasteiger partial charge in [0, 0.05) is 5.57 Å². The zero-order valence-corrected chi connectivity index (χ0v) is 7.52. The van der Waals surface area contributed by atoms with E-state index < -0.39 is 0 Å². The van der Waals surface area contributed by atoms with E-state index in [9.17, 15) is 0 Å². The third kappa shape index (κ3) is 1.83. The maximum Gasteiger partial charge on any atom is 0.0943 e. The fourth-order valence-electron chi connectivity index (χ4n) is 1.27. The lowest BCUT2D eigenvalue weighted by Crippen LogP contribution is -1.87. The molecule has 0 saturated heterocycles. The third-order valence-corrected chi connectivity index (χ3v) is 2.52. The van der Waals surface area contributed by atoms with Gasteiger partial charge in [0.2, 0.25) is 0 Å². The average Bonchev–Trinajstić information content (AvgIpc) is 2.54. The Hall–Kier alpha value is -0.770. The van der Waals surface area contributed by atoms with E-state index in [1.54, 1.807) is 0 Å². The Labute approximate surface area is 68.7 Å². The van der Waals surface area contributed by atoms with Crippen molar-refractivity contribution in [3.63, 3.8) is 0 Å². The van der Waals surface area contributed by atoms with Crippen molar-refractivity contribution in [1.29, 1.82) is 5.26 Å². The Bertz CT molecular complexity index is 218. The molecule has 0 spiro atoms. The molecule has 1 atom stereocenters. The van der Waals surface area contributed by atoms with Crippen LogP contribution in [0, 0.1) is 22.7 Å². The van der Waals surface area contributed by atoms with Gasteiger partial charge in [0.25, 0.3) is 0 Å². The molecule has 1 aliphatic rings. The van der Waals surface area contributed by atoms with Crippen LogP contribution in [-0.4, -0.2) is 0 Å². The molecule has 1 heteroatoms. The van der Waals surface area contributed by atoms with Gasteiger partial charge < -0.3 is 0 Å². The first kappa shape index (κ1) is 8.33. The summed E-state index contributed by atoms with van der Waals surface area (Å²) in [6.07, 6.45) is 4.27. The third-order valence-electron chi connectivity index (χ3n) is 2.52. The molecule has 11 heavy (non-hydrogen) atoms. The van der Waals surface area contributed by atoms with Gasteiger partial charge in [-0.15, -0.1) is 0 Å². The second-order valence-electron chi connectivity index (χ2n) is 3.96. The second kappa shape index (κ2) is 2.70. The lowest BCUT2D eigenvalue weighted by atomic mass is 10.1. The van der Waals surface area contributed by atoms with Gasteiger partial charge in [-0.25, -0.2) is 0 Å². The molecule has 0 aliphatic heterocycles. The summed E-state index contributed by atoms with van der Waals surface area (Å²) in [4.78, 5) is 0. The van der Waals surface area contributed by atoms with Crippen molar-refractivity contribution in [3.05, 3.63) is 11.6 Å². The van der Waals surface area contributed by atoms with Crippen molar-refractivity contribution in [3.8, 4) is 6.07 Å². The van der Waals surface area contributed by atoms with Gasteiger partial charge in [-0.05, 0) is 24.2 Å². The minimum atomic E-state index is 0.470. The van der Waals surface area contributed by atoms with Crippen LogP contribution in [0.4, 0.5) is 0 Å². The predicted molar refractivity (Wildman–Crippen MR) is 45.9 cm³/mol. The smallest absolute Gasteiger partial charge is 0.0943 e. The average molecular weight is 149 g/mol. The zero-order chi connectivity index (χ0) is 8.48. The summed E-state index contributed by atoms with van der Waals surface area (Å²) < 4.78 is 0. The van der Waals surface area contributed by atoms with Crippen LogP contribution in [0.1, 0.15) is 33.6 Å². The molecule has 1 unspecified atom stereocenters. The van der Waals surface area contributed by atoms with Gasteiger partial charge in [-0.1, -0.05) is 26.8 Å². The number of rotatable bonds is 2. The number of nitriles is 1. The maximum atomic E-state index is 8.65. The molecule has 0 radical (unpaired) electrons. The second-order valence-corrected chi connectivity index (χ2v) is 3.96. The van der Waals surface area contributed by atoms with Crippen molar-refractivity contribution < 1.29 is 0 Å². The number of nitrogens with zero attached hydrogens (tertiary/aromatic N) is 1. The summed E-state index contributed by atoms with van der Waals surface area (Å²) in [7, 11) is 0. The van der Waals surface area contributed by atoms with Crippen molar-refractivity contribution in [2.75, 3.05) is 0 Å². The van der Waals surface area contributed by atoms with E-state index in [1.165, 1.54) is 6.42 Å². The topological polar surface area (TPSA) is 23.8 Å². The predicted octanol–water partition coefficient (Wildman–Crippen LogP) is 2.89. The van der Waals surface area contributed by atoms with Crippen LogP contribution >= 0.6 is 0 Å². The van der Waals surface area contributed by atoms with Crippen LogP contribution in [0.15, 0.2) is 11.6 Å². The normalized spacial score (nSPS) is 27.8. The van der Waals surface area contributed by atoms with E-state index in [4.69, 9.17) is 5.26 Å². The van der Waals surface area contributed by atoms with E-state index in [0.717, 1.165) is 12.0 Å². The summed E-state index contributed by atoms with van der Waals surface area (Å²) in [6, 6.07) is 2.22. The molecule has 0 aromatic heterocycles. The fourth-order valence-corrected chi connectivity index (χ4v) is 1.27. The highest BCUT2D eigenvalue weighted by atomic mass is 14.5. The minimum Gasteiger partial charge on any atom is -0.193 e. The Kier molecular flexibility index (Phi) is 2.04. The van der Waals surface area contributed by atoms with Crippen LogP contribution < -0.4 is 0 Å². The van der Waals surface area contributed by atoms with Crippen molar-refractivity contribution in [1.82, 2.24) is 0 Å². The molecule has 1 aliphatic carbocycles. The quantitative estimate of drug-likeness (QED) is 0.554. The molecule has 1 rings (SSSR count). The van der Waals surface area contributed by atoms with E-state index in [1.807, 2.05) is 6.92 Å². The molecule has 60 valence electrons. The molecule has 0 aromatic carbocycles. The maximum absolute atomic E-state index is 8.65. The minimum absolute atomic E-state index is 0.470. The molecule has 0 aromatic rings. The van der Waals surface area contributed by atoms with E-state index in [-0.39, 0.29) is 0 Å². The van der Waals surface area contributed by atoms with E-state index in [0.29, 0.717) is 11.3 Å². The highest BCUT2D eigenvalue weighted by molar-refractivity contribution is 5.24.